The Morgan fingerprint density at radius 2 is 2.19 bits per heavy atom. The Kier molecular flexibility index (Phi) is 5.31. The van der Waals surface area contributed by atoms with Crippen LogP contribution in [-0.2, 0) is 0 Å². The van der Waals surface area contributed by atoms with Crippen molar-refractivity contribution in [1.29, 1.82) is 0 Å². The third-order valence-electron chi connectivity index (χ3n) is 4.06. The van der Waals surface area contributed by atoms with Crippen LogP contribution in [0.2, 0.25) is 0 Å². The molecule has 2 heterocycles. The molecule has 0 spiro atoms. The van der Waals surface area contributed by atoms with Gasteiger partial charge >= 0.3 is 5.97 Å². The fourth-order valence-electron chi connectivity index (χ4n) is 2.93. The predicted molar refractivity (Wildman–Crippen MR) is 79.3 cm³/mol. The van der Waals surface area contributed by atoms with Crippen molar-refractivity contribution in [3.05, 3.63) is 29.6 Å². The van der Waals surface area contributed by atoms with Crippen LogP contribution in [0.25, 0.3) is 0 Å². The van der Waals surface area contributed by atoms with Gasteiger partial charge in [0.25, 0.3) is 5.91 Å². The van der Waals surface area contributed by atoms with Gasteiger partial charge in [0.05, 0.1) is 0 Å². The first-order chi connectivity index (χ1) is 10.1. The maximum absolute atomic E-state index is 12.5. The molecule has 5 nitrogen and oxygen atoms in total. The van der Waals surface area contributed by atoms with Crippen molar-refractivity contribution in [3.8, 4) is 0 Å². The molecule has 2 rings (SSSR count). The molecule has 114 valence electrons. The maximum atomic E-state index is 12.5. The lowest BCUT2D eigenvalue weighted by Gasteiger charge is -2.20. The van der Waals surface area contributed by atoms with Crippen LogP contribution in [0.3, 0.4) is 0 Å². The molecular weight excluding hydrogens is 268 g/mol. The van der Waals surface area contributed by atoms with Gasteiger partial charge in [-0.15, -0.1) is 0 Å². The number of amides is 1. The van der Waals surface area contributed by atoms with Crippen molar-refractivity contribution in [2.75, 3.05) is 13.1 Å². The van der Waals surface area contributed by atoms with E-state index >= 15 is 0 Å². The van der Waals surface area contributed by atoms with E-state index < -0.39 is 5.97 Å². The molecular formula is C16H22N2O3. The molecule has 1 aliphatic heterocycles. The van der Waals surface area contributed by atoms with Crippen LogP contribution in [0.5, 0.6) is 0 Å². The Morgan fingerprint density at radius 3 is 2.90 bits per heavy atom. The van der Waals surface area contributed by atoms with Crippen molar-refractivity contribution >= 4 is 11.9 Å². The topological polar surface area (TPSA) is 70.5 Å². The lowest BCUT2D eigenvalue weighted by atomic mass is 9.96. The number of rotatable bonds is 4. The number of hydrogen-bond acceptors (Lipinski definition) is 3. The average Bonchev–Trinajstić information content (AvgIpc) is 2.73. The number of pyridine rings is 1. The summed E-state index contributed by atoms with van der Waals surface area (Å²) in [6, 6.07) is 2.95. The highest BCUT2D eigenvalue weighted by molar-refractivity contribution is 5.96. The first-order valence-corrected chi connectivity index (χ1v) is 7.60. The number of carboxylic acids is 1. The van der Waals surface area contributed by atoms with Crippen LogP contribution in [0.1, 0.15) is 59.9 Å². The second kappa shape index (κ2) is 7.20. The third-order valence-corrected chi connectivity index (χ3v) is 4.06. The van der Waals surface area contributed by atoms with Crippen LogP contribution < -0.4 is 0 Å². The number of aromatic carboxylic acids is 1. The molecule has 21 heavy (non-hydrogen) atoms. The van der Waals surface area contributed by atoms with E-state index in [4.69, 9.17) is 5.11 Å². The lowest BCUT2D eigenvalue weighted by molar-refractivity contribution is 0.0690. The molecule has 0 aliphatic carbocycles. The molecule has 1 aliphatic rings. The molecule has 0 saturated carbocycles. The molecule has 0 radical (unpaired) electrons. The second-order valence-corrected chi connectivity index (χ2v) is 5.61. The number of hydrogen-bond donors (Lipinski definition) is 1. The summed E-state index contributed by atoms with van der Waals surface area (Å²) in [5.74, 6) is -0.486. The summed E-state index contributed by atoms with van der Waals surface area (Å²) in [4.78, 5) is 29.0. The van der Waals surface area contributed by atoms with Crippen LogP contribution in [0, 0.1) is 5.92 Å². The van der Waals surface area contributed by atoms with Crippen molar-refractivity contribution < 1.29 is 14.7 Å². The van der Waals surface area contributed by atoms with Gasteiger partial charge in [-0.2, -0.15) is 0 Å². The minimum Gasteiger partial charge on any atom is -0.477 e. The van der Waals surface area contributed by atoms with Gasteiger partial charge in [-0.1, -0.05) is 19.8 Å². The molecule has 1 atom stereocenters. The van der Waals surface area contributed by atoms with Crippen LogP contribution in [-0.4, -0.2) is 40.0 Å². The Labute approximate surface area is 125 Å². The molecule has 1 amide bonds. The van der Waals surface area contributed by atoms with E-state index in [1.54, 1.807) is 6.07 Å². The zero-order valence-electron chi connectivity index (χ0n) is 12.4. The summed E-state index contributed by atoms with van der Waals surface area (Å²) in [5.41, 5.74) is 0.330. The van der Waals surface area contributed by atoms with Crippen molar-refractivity contribution in [2.45, 2.75) is 39.0 Å². The molecule has 1 aromatic rings. The first kappa shape index (κ1) is 15.5. The lowest BCUT2D eigenvalue weighted by Crippen LogP contribution is -2.32. The smallest absolute Gasteiger partial charge is 0.354 e. The van der Waals surface area contributed by atoms with Crippen molar-refractivity contribution in [2.24, 2.45) is 5.92 Å². The summed E-state index contributed by atoms with van der Waals surface area (Å²) >= 11 is 0. The molecule has 0 aromatic carbocycles. The van der Waals surface area contributed by atoms with Crippen molar-refractivity contribution in [1.82, 2.24) is 9.88 Å². The molecule has 1 saturated heterocycles. The fraction of sp³-hybridized carbons (Fsp3) is 0.562. The van der Waals surface area contributed by atoms with Gasteiger partial charge in [-0.3, -0.25) is 4.79 Å². The minimum absolute atomic E-state index is 0.0838. The Hall–Kier alpha value is -1.91. The summed E-state index contributed by atoms with van der Waals surface area (Å²) < 4.78 is 0. The van der Waals surface area contributed by atoms with Gasteiger partial charge < -0.3 is 10.0 Å². The summed E-state index contributed by atoms with van der Waals surface area (Å²) in [5, 5.41) is 8.95. The number of likely N-dealkylation sites (tertiary alicyclic amines) is 1. The third kappa shape index (κ3) is 4.03. The largest absolute Gasteiger partial charge is 0.477 e. The van der Waals surface area contributed by atoms with E-state index in [0.717, 1.165) is 25.9 Å². The Balaban J connectivity index is 2.06. The summed E-state index contributed by atoms with van der Waals surface area (Å²) in [6.07, 6.45) is 7.03. The van der Waals surface area contributed by atoms with Crippen LogP contribution >= 0.6 is 0 Å². The molecule has 1 fully saturated rings. The minimum atomic E-state index is -1.11. The monoisotopic (exact) mass is 290 g/mol. The zero-order valence-corrected chi connectivity index (χ0v) is 12.4. The maximum Gasteiger partial charge on any atom is 0.354 e. The predicted octanol–water partition coefficient (Wildman–Crippen LogP) is 2.82. The number of carboxylic acid groups (broad SMARTS) is 1. The van der Waals surface area contributed by atoms with E-state index in [0.29, 0.717) is 11.5 Å². The van der Waals surface area contributed by atoms with Gasteiger partial charge in [0.2, 0.25) is 0 Å². The van der Waals surface area contributed by atoms with E-state index in [9.17, 15) is 9.59 Å². The second-order valence-electron chi connectivity index (χ2n) is 5.61. The quantitative estimate of drug-likeness (QED) is 0.925. The van der Waals surface area contributed by atoms with Gasteiger partial charge in [-0.25, -0.2) is 9.78 Å². The number of carbonyl (C=O) groups is 2. The highest BCUT2D eigenvalue weighted by atomic mass is 16.4. The van der Waals surface area contributed by atoms with Crippen molar-refractivity contribution in [3.63, 3.8) is 0 Å². The zero-order chi connectivity index (χ0) is 15.2. The molecule has 1 aromatic heterocycles. The van der Waals surface area contributed by atoms with E-state index in [-0.39, 0.29) is 11.6 Å². The molecule has 1 unspecified atom stereocenters. The van der Waals surface area contributed by atoms with E-state index in [1.807, 2.05) is 4.90 Å². The number of nitrogens with zero attached hydrogens (tertiary/aromatic N) is 2. The van der Waals surface area contributed by atoms with Gasteiger partial charge in [-0.05, 0) is 37.3 Å². The Morgan fingerprint density at radius 1 is 1.38 bits per heavy atom. The van der Waals surface area contributed by atoms with E-state index in [2.05, 4.69) is 11.9 Å². The molecule has 0 bridgehead atoms. The van der Waals surface area contributed by atoms with E-state index in [1.165, 1.54) is 31.5 Å². The van der Waals surface area contributed by atoms with Crippen LogP contribution in [0.15, 0.2) is 18.3 Å². The standard InChI is InChI=1S/C16H22N2O3/c1-2-4-12-5-3-9-18(10-7-12)15(19)13-6-8-17-14(11-13)16(20)21/h6,8,11-12H,2-5,7,9-10H2,1H3,(H,20,21). The number of carbonyl (C=O) groups excluding carboxylic acids is 1. The highest BCUT2D eigenvalue weighted by Gasteiger charge is 2.22. The highest BCUT2D eigenvalue weighted by Crippen LogP contribution is 2.22. The van der Waals surface area contributed by atoms with Gasteiger partial charge in [0.1, 0.15) is 5.69 Å². The number of aromatic nitrogens is 1. The first-order valence-electron chi connectivity index (χ1n) is 7.60. The average molecular weight is 290 g/mol. The summed E-state index contributed by atoms with van der Waals surface area (Å²) in [6.45, 7) is 3.70. The summed E-state index contributed by atoms with van der Waals surface area (Å²) in [7, 11) is 0. The Bertz CT molecular complexity index is 516. The van der Waals surface area contributed by atoms with Gasteiger partial charge in [0, 0.05) is 24.8 Å². The fourth-order valence-corrected chi connectivity index (χ4v) is 2.93. The van der Waals surface area contributed by atoms with Crippen LogP contribution in [0.4, 0.5) is 0 Å². The molecule has 5 heteroatoms. The normalized spacial score (nSPS) is 19.1. The molecule has 1 N–H and O–H groups in total. The SMILES string of the molecule is CCCC1CCCN(C(=O)c2ccnc(C(=O)O)c2)CC1. The van der Waals surface area contributed by atoms with Gasteiger partial charge in [0.15, 0.2) is 0 Å².